The summed E-state index contributed by atoms with van der Waals surface area (Å²) in [6, 6.07) is 9.12. The lowest BCUT2D eigenvalue weighted by atomic mass is 10.0. The summed E-state index contributed by atoms with van der Waals surface area (Å²) in [5.74, 6) is 0.970. The molecule has 1 aromatic carbocycles. The highest BCUT2D eigenvalue weighted by Gasteiger charge is 2.25. The minimum Gasteiger partial charge on any atom is -0.314 e. The SMILES string of the molecule is CC[C@H]1CCCC[NH+]1Cn1nc(-c2ccccc2C)n(C)c1=S. The van der Waals surface area contributed by atoms with Gasteiger partial charge in [0.25, 0.3) is 0 Å². The summed E-state index contributed by atoms with van der Waals surface area (Å²) in [4.78, 5) is 1.63. The van der Waals surface area contributed by atoms with Crippen molar-refractivity contribution in [2.75, 3.05) is 6.54 Å². The summed E-state index contributed by atoms with van der Waals surface area (Å²) in [6.45, 7) is 6.54. The second-order valence-corrected chi connectivity index (χ2v) is 7.01. The molecule has 1 aliphatic rings. The Hall–Kier alpha value is -1.46. The summed E-state index contributed by atoms with van der Waals surface area (Å²) in [5, 5.41) is 4.86. The third-order valence-corrected chi connectivity index (χ3v) is 5.63. The van der Waals surface area contributed by atoms with Crippen LogP contribution in [-0.2, 0) is 13.7 Å². The summed E-state index contributed by atoms with van der Waals surface area (Å²) in [7, 11) is 2.02. The first-order chi connectivity index (χ1) is 11.1. The van der Waals surface area contributed by atoms with Crippen molar-refractivity contribution in [3.05, 3.63) is 34.6 Å². The maximum atomic E-state index is 5.65. The molecule has 0 spiro atoms. The van der Waals surface area contributed by atoms with Crippen molar-refractivity contribution in [2.24, 2.45) is 7.05 Å². The van der Waals surface area contributed by atoms with Crippen LogP contribution in [0.2, 0.25) is 0 Å². The fourth-order valence-corrected chi connectivity index (χ4v) is 3.89. The molecule has 0 amide bonds. The summed E-state index contributed by atoms with van der Waals surface area (Å²) < 4.78 is 4.89. The van der Waals surface area contributed by atoms with E-state index >= 15 is 0 Å². The third kappa shape index (κ3) is 3.26. The van der Waals surface area contributed by atoms with Crippen molar-refractivity contribution in [1.29, 1.82) is 0 Å². The monoisotopic (exact) mass is 331 g/mol. The van der Waals surface area contributed by atoms with Gasteiger partial charge in [-0.1, -0.05) is 31.2 Å². The molecule has 1 N–H and O–H groups in total. The van der Waals surface area contributed by atoms with Crippen molar-refractivity contribution in [1.82, 2.24) is 14.3 Å². The Morgan fingerprint density at radius 3 is 2.83 bits per heavy atom. The molecule has 1 unspecified atom stereocenters. The summed E-state index contributed by atoms with van der Waals surface area (Å²) in [5.41, 5.74) is 2.40. The van der Waals surface area contributed by atoms with Crippen LogP contribution in [-0.4, -0.2) is 26.9 Å². The lowest BCUT2D eigenvalue weighted by Gasteiger charge is -2.31. The van der Waals surface area contributed by atoms with Gasteiger partial charge in [-0.25, -0.2) is 0 Å². The molecule has 0 aliphatic carbocycles. The second-order valence-electron chi connectivity index (χ2n) is 6.65. The van der Waals surface area contributed by atoms with Crippen LogP contribution in [0.5, 0.6) is 0 Å². The number of hydrogen-bond donors (Lipinski definition) is 1. The molecule has 0 saturated carbocycles. The van der Waals surface area contributed by atoms with Gasteiger partial charge in [0.15, 0.2) is 12.5 Å². The van der Waals surface area contributed by atoms with Gasteiger partial charge in [-0.3, -0.25) is 0 Å². The molecule has 0 bridgehead atoms. The Balaban J connectivity index is 1.91. The Morgan fingerprint density at radius 1 is 1.30 bits per heavy atom. The lowest BCUT2D eigenvalue weighted by molar-refractivity contribution is -0.953. The number of nitrogens with one attached hydrogen (secondary N) is 1. The van der Waals surface area contributed by atoms with E-state index in [0.29, 0.717) is 0 Å². The molecule has 1 aliphatic heterocycles. The van der Waals surface area contributed by atoms with Crippen molar-refractivity contribution in [3.8, 4) is 11.4 Å². The number of rotatable bonds is 4. The molecule has 3 rings (SSSR count). The van der Waals surface area contributed by atoms with Crippen molar-refractivity contribution in [2.45, 2.75) is 52.2 Å². The molecule has 23 heavy (non-hydrogen) atoms. The molecule has 2 aromatic rings. The molecule has 124 valence electrons. The summed E-state index contributed by atoms with van der Waals surface area (Å²) >= 11 is 5.65. The number of aryl methyl sites for hydroxylation is 1. The van der Waals surface area contributed by atoms with Gasteiger partial charge in [0, 0.05) is 12.6 Å². The smallest absolute Gasteiger partial charge is 0.202 e. The van der Waals surface area contributed by atoms with E-state index in [-0.39, 0.29) is 0 Å². The highest BCUT2D eigenvalue weighted by Crippen LogP contribution is 2.21. The van der Waals surface area contributed by atoms with Crippen molar-refractivity contribution in [3.63, 3.8) is 0 Å². The van der Waals surface area contributed by atoms with E-state index in [1.54, 1.807) is 4.90 Å². The van der Waals surface area contributed by atoms with Crippen LogP contribution in [0.1, 0.15) is 38.2 Å². The van der Waals surface area contributed by atoms with Gasteiger partial charge < -0.3 is 9.47 Å². The van der Waals surface area contributed by atoms with E-state index in [1.807, 2.05) is 16.3 Å². The highest BCUT2D eigenvalue weighted by molar-refractivity contribution is 7.71. The number of likely N-dealkylation sites (tertiary alicyclic amines) is 1. The maximum Gasteiger partial charge on any atom is 0.202 e. The first-order valence-corrected chi connectivity index (χ1v) is 9.07. The zero-order valence-corrected chi connectivity index (χ0v) is 15.2. The van der Waals surface area contributed by atoms with Crippen LogP contribution in [0, 0.1) is 11.7 Å². The standard InChI is InChI=1S/C18H26N4S/c1-4-15-10-7-8-12-21(15)13-22-18(23)20(3)17(19-22)16-11-6-5-9-14(16)2/h5-6,9,11,15H,4,7-8,10,12-13H2,1-3H3/p+1/t15-/m0/s1. The zero-order valence-electron chi connectivity index (χ0n) is 14.4. The van der Waals surface area contributed by atoms with Crippen LogP contribution in [0.3, 0.4) is 0 Å². The number of aromatic nitrogens is 3. The molecule has 1 fully saturated rings. The third-order valence-electron chi connectivity index (χ3n) is 5.15. The lowest BCUT2D eigenvalue weighted by Crippen LogP contribution is -3.15. The van der Waals surface area contributed by atoms with Gasteiger partial charge in [-0.05, 0) is 50.4 Å². The summed E-state index contributed by atoms with van der Waals surface area (Å²) in [6.07, 6.45) is 5.25. The number of piperidine rings is 1. The largest absolute Gasteiger partial charge is 0.314 e. The van der Waals surface area contributed by atoms with Crippen LogP contribution < -0.4 is 4.90 Å². The second kappa shape index (κ2) is 6.97. The van der Waals surface area contributed by atoms with Gasteiger partial charge in [-0.15, -0.1) is 5.10 Å². The normalized spacial score (nSPS) is 21.5. The molecule has 0 radical (unpaired) electrons. The minimum atomic E-state index is 0.745. The average Bonchev–Trinajstić information content (AvgIpc) is 2.84. The van der Waals surface area contributed by atoms with E-state index in [0.717, 1.165) is 23.3 Å². The number of quaternary nitrogens is 1. The van der Waals surface area contributed by atoms with Crippen molar-refractivity contribution < 1.29 is 4.90 Å². The fourth-order valence-electron chi connectivity index (χ4n) is 3.69. The van der Waals surface area contributed by atoms with E-state index in [2.05, 4.69) is 38.1 Å². The van der Waals surface area contributed by atoms with Crippen LogP contribution in [0.25, 0.3) is 11.4 Å². The molecule has 5 heteroatoms. The topological polar surface area (TPSA) is 27.2 Å². The van der Waals surface area contributed by atoms with Gasteiger partial charge in [0.2, 0.25) is 4.77 Å². The van der Waals surface area contributed by atoms with E-state index in [4.69, 9.17) is 17.3 Å². The first kappa shape index (κ1) is 16.4. The maximum absolute atomic E-state index is 5.65. The molecule has 2 atom stereocenters. The Morgan fingerprint density at radius 2 is 2.09 bits per heavy atom. The quantitative estimate of drug-likeness (QED) is 0.872. The average molecular weight is 332 g/mol. The van der Waals surface area contributed by atoms with E-state index in [9.17, 15) is 0 Å². The Kier molecular flexibility index (Phi) is 4.97. The van der Waals surface area contributed by atoms with Gasteiger partial charge in [0.1, 0.15) is 0 Å². The van der Waals surface area contributed by atoms with Gasteiger partial charge >= 0.3 is 0 Å². The molecule has 4 nitrogen and oxygen atoms in total. The molecular weight excluding hydrogens is 304 g/mol. The molecule has 1 saturated heterocycles. The van der Waals surface area contributed by atoms with Gasteiger partial charge in [0.05, 0.1) is 12.6 Å². The zero-order chi connectivity index (χ0) is 16.4. The number of benzene rings is 1. The number of hydrogen-bond acceptors (Lipinski definition) is 2. The minimum absolute atomic E-state index is 0.745. The van der Waals surface area contributed by atoms with Crippen molar-refractivity contribution >= 4 is 12.2 Å². The fraction of sp³-hybridized carbons (Fsp3) is 0.556. The van der Waals surface area contributed by atoms with Crippen LogP contribution in [0.15, 0.2) is 24.3 Å². The molecule has 1 aromatic heterocycles. The van der Waals surface area contributed by atoms with Crippen LogP contribution in [0.4, 0.5) is 0 Å². The first-order valence-electron chi connectivity index (χ1n) is 8.66. The highest BCUT2D eigenvalue weighted by atomic mass is 32.1. The van der Waals surface area contributed by atoms with Gasteiger partial charge in [-0.2, -0.15) is 4.68 Å². The molecular formula is C18H27N4S+. The van der Waals surface area contributed by atoms with Crippen LogP contribution >= 0.6 is 12.2 Å². The Bertz CT molecular complexity index is 731. The van der Waals surface area contributed by atoms with E-state index < -0.39 is 0 Å². The Labute approximate surface area is 143 Å². The van der Waals surface area contributed by atoms with E-state index in [1.165, 1.54) is 43.4 Å². The number of nitrogens with zero attached hydrogens (tertiary/aromatic N) is 3. The predicted molar refractivity (Wildman–Crippen MR) is 96.0 cm³/mol. The molecule has 2 heterocycles. The predicted octanol–water partition coefficient (Wildman–Crippen LogP) is 2.73.